The number of anilines is 1. The zero-order valence-corrected chi connectivity index (χ0v) is 11.1. The molecule has 2 aromatic rings. The highest BCUT2D eigenvalue weighted by molar-refractivity contribution is 9.10. The molecule has 0 amide bonds. The van der Waals surface area contributed by atoms with Gasteiger partial charge in [-0.15, -0.1) is 5.10 Å². The number of hydrogen-bond donors (Lipinski definition) is 0. The van der Waals surface area contributed by atoms with Gasteiger partial charge in [0, 0.05) is 13.6 Å². The van der Waals surface area contributed by atoms with Crippen LogP contribution in [0.2, 0.25) is 0 Å². The monoisotopic (exact) mass is 282 g/mol. The van der Waals surface area contributed by atoms with Gasteiger partial charge in [-0.3, -0.25) is 0 Å². The number of rotatable bonds is 4. The highest BCUT2D eigenvalue weighted by Gasteiger charge is 2.06. The molecule has 0 aromatic carbocycles. The van der Waals surface area contributed by atoms with E-state index < -0.39 is 0 Å². The Morgan fingerprint density at radius 3 is 3.00 bits per heavy atom. The third-order valence-corrected chi connectivity index (χ3v) is 3.09. The van der Waals surface area contributed by atoms with Crippen molar-refractivity contribution in [3.8, 4) is 0 Å². The summed E-state index contributed by atoms with van der Waals surface area (Å²) in [5.41, 5.74) is 0.861. The van der Waals surface area contributed by atoms with Gasteiger partial charge in [0.1, 0.15) is 10.4 Å². The molecule has 0 bridgehead atoms. The van der Waals surface area contributed by atoms with Gasteiger partial charge in [-0.1, -0.05) is 13.3 Å². The summed E-state index contributed by atoms with van der Waals surface area (Å²) in [7, 11) is 2.06. The van der Waals surface area contributed by atoms with E-state index in [1.165, 1.54) is 12.8 Å². The zero-order valence-electron chi connectivity index (χ0n) is 9.52. The van der Waals surface area contributed by atoms with Crippen LogP contribution in [0.3, 0.4) is 0 Å². The molecule has 0 radical (unpaired) electrons. The van der Waals surface area contributed by atoms with Crippen LogP contribution < -0.4 is 4.90 Å². The fourth-order valence-electron chi connectivity index (χ4n) is 1.55. The molecule has 0 atom stereocenters. The maximum atomic E-state index is 4.52. The van der Waals surface area contributed by atoms with Crippen molar-refractivity contribution >= 4 is 27.4 Å². The average Bonchev–Trinajstić information content (AvgIpc) is 2.67. The van der Waals surface area contributed by atoms with Crippen molar-refractivity contribution in [2.45, 2.75) is 19.8 Å². The first kappa shape index (κ1) is 11.4. The summed E-state index contributed by atoms with van der Waals surface area (Å²) >= 11 is 3.42. The molecule has 5 heteroatoms. The topological polar surface area (TPSA) is 33.4 Å². The summed E-state index contributed by atoms with van der Waals surface area (Å²) < 4.78 is 2.69. The molecule has 2 rings (SSSR count). The molecule has 0 aliphatic heterocycles. The molecule has 0 saturated heterocycles. The Balaban J connectivity index is 2.27. The van der Waals surface area contributed by atoms with E-state index in [-0.39, 0.29) is 0 Å². The first-order valence-electron chi connectivity index (χ1n) is 5.44. The molecular weight excluding hydrogens is 268 g/mol. The normalized spacial score (nSPS) is 10.9. The Hall–Kier alpha value is -1.10. The Morgan fingerprint density at radius 2 is 2.25 bits per heavy atom. The molecule has 0 unspecified atom stereocenters. The number of halogens is 1. The minimum Gasteiger partial charge on any atom is -0.358 e. The van der Waals surface area contributed by atoms with Crippen LogP contribution in [0.15, 0.2) is 22.9 Å². The van der Waals surface area contributed by atoms with Gasteiger partial charge in [0.15, 0.2) is 5.65 Å². The summed E-state index contributed by atoms with van der Waals surface area (Å²) in [6.07, 6.45) is 4.14. The highest BCUT2D eigenvalue weighted by atomic mass is 79.9. The van der Waals surface area contributed by atoms with Gasteiger partial charge in [0.2, 0.25) is 0 Å². The third kappa shape index (κ3) is 2.19. The lowest BCUT2D eigenvalue weighted by Crippen LogP contribution is -2.20. The first-order valence-corrected chi connectivity index (χ1v) is 6.23. The number of hydrogen-bond acceptors (Lipinski definition) is 3. The van der Waals surface area contributed by atoms with Gasteiger partial charge in [-0.2, -0.15) is 0 Å². The van der Waals surface area contributed by atoms with Gasteiger partial charge in [0.25, 0.3) is 0 Å². The van der Waals surface area contributed by atoms with Crippen molar-refractivity contribution in [2.75, 3.05) is 18.5 Å². The number of aromatic nitrogens is 3. The van der Waals surface area contributed by atoms with Crippen LogP contribution in [0.5, 0.6) is 0 Å². The quantitative estimate of drug-likeness (QED) is 0.865. The Bertz CT molecular complexity index is 480. The van der Waals surface area contributed by atoms with Crippen LogP contribution >= 0.6 is 15.9 Å². The molecular formula is C11H15BrN4. The van der Waals surface area contributed by atoms with Crippen LogP contribution in [0.25, 0.3) is 5.65 Å². The van der Waals surface area contributed by atoms with E-state index in [0.29, 0.717) is 0 Å². The third-order valence-electron chi connectivity index (χ3n) is 2.54. The standard InChI is InChI=1S/C11H15BrN4/c1-3-4-7-15(2)11-6-5-10-13-8-9(12)16(10)14-11/h5-6,8H,3-4,7H2,1-2H3. The van der Waals surface area contributed by atoms with Gasteiger partial charge >= 0.3 is 0 Å². The Kier molecular flexibility index (Phi) is 3.43. The van der Waals surface area contributed by atoms with Crippen molar-refractivity contribution in [3.63, 3.8) is 0 Å². The Labute approximate surface area is 103 Å². The largest absolute Gasteiger partial charge is 0.358 e. The van der Waals surface area contributed by atoms with E-state index in [0.717, 1.165) is 22.6 Å². The molecule has 86 valence electrons. The van der Waals surface area contributed by atoms with Crippen molar-refractivity contribution < 1.29 is 0 Å². The molecule has 0 N–H and O–H groups in total. The fraction of sp³-hybridized carbons (Fsp3) is 0.455. The summed E-state index contributed by atoms with van der Waals surface area (Å²) in [4.78, 5) is 6.38. The molecule has 0 saturated carbocycles. The second-order valence-electron chi connectivity index (χ2n) is 3.82. The zero-order chi connectivity index (χ0) is 11.5. The van der Waals surface area contributed by atoms with E-state index in [4.69, 9.17) is 0 Å². The van der Waals surface area contributed by atoms with Gasteiger partial charge in [0.05, 0.1) is 6.20 Å². The number of nitrogens with zero attached hydrogens (tertiary/aromatic N) is 4. The van der Waals surface area contributed by atoms with Crippen molar-refractivity contribution in [2.24, 2.45) is 0 Å². The summed E-state index contributed by atoms with van der Waals surface area (Å²) in [6.45, 7) is 3.22. The van der Waals surface area contributed by atoms with Crippen molar-refractivity contribution in [3.05, 3.63) is 22.9 Å². The maximum absolute atomic E-state index is 4.52. The van der Waals surface area contributed by atoms with Crippen molar-refractivity contribution in [1.82, 2.24) is 14.6 Å². The second kappa shape index (κ2) is 4.82. The lowest BCUT2D eigenvalue weighted by atomic mass is 10.3. The van der Waals surface area contributed by atoms with E-state index in [1.807, 2.05) is 12.1 Å². The number of imidazole rings is 1. The minimum atomic E-state index is 0.861. The van der Waals surface area contributed by atoms with Crippen LogP contribution in [0.1, 0.15) is 19.8 Å². The molecule has 16 heavy (non-hydrogen) atoms. The van der Waals surface area contributed by atoms with Gasteiger partial charge < -0.3 is 4.90 Å². The lowest BCUT2D eigenvalue weighted by Gasteiger charge is -2.17. The second-order valence-corrected chi connectivity index (χ2v) is 4.63. The molecule has 0 aliphatic carbocycles. The van der Waals surface area contributed by atoms with E-state index >= 15 is 0 Å². The van der Waals surface area contributed by atoms with E-state index in [2.05, 4.69) is 44.9 Å². The molecule has 0 spiro atoms. The van der Waals surface area contributed by atoms with Crippen LogP contribution in [0.4, 0.5) is 5.82 Å². The minimum absolute atomic E-state index is 0.861. The maximum Gasteiger partial charge on any atom is 0.154 e. The predicted molar refractivity (Wildman–Crippen MR) is 68.9 cm³/mol. The lowest BCUT2D eigenvalue weighted by molar-refractivity contribution is 0.747. The Morgan fingerprint density at radius 1 is 1.44 bits per heavy atom. The van der Waals surface area contributed by atoms with E-state index in [9.17, 15) is 0 Å². The average molecular weight is 283 g/mol. The predicted octanol–water partition coefficient (Wildman–Crippen LogP) is 2.73. The summed E-state index contributed by atoms with van der Waals surface area (Å²) in [5.74, 6) is 0.972. The highest BCUT2D eigenvalue weighted by Crippen LogP contribution is 2.15. The van der Waals surface area contributed by atoms with Gasteiger partial charge in [-0.25, -0.2) is 9.50 Å². The molecule has 2 heterocycles. The number of fused-ring (bicyclic) bond motifs is 1. The molecule has 2 aromatic heterocycles. The fourth-order valence-corrected chi connectivity index (χ4v) is 1.91. The van der Waals surface area contributed by atoms with E-state index in [1.54, 1.807) is 10.7 Å². The molecule has 4 nitrogen and oxygen atoms in total. The van der Waals surface area contributed by atoms with Crippen LogP contribution in [0, 0.1) is 0 Å². The van der Waals surface area contributed by atoms with Crippen LogP contribution in [-0.2, 0) is 0 Å². The van der Waals surface area contributed by atoms with Crippen molar-refractivity contribution in [1.29, 1.82) is 0 Å². The van der Waals surface area contributed by atoms with Gasteiger partial charge in [-0.05, 0) is 34.5 Å². The SMILES string of the molecule is CCCCN(C)c1ccc2ncc(Br)n2n1. The number of unbranched alkanes of at least 4 members (excludes halogenated alkanes) is 1. The first-order chi connectivity index (χ1) is 7.72. The molecule has 0 aliphatic rings. The summed E-state index contributed by atoms with van der Waals surface area (Å²) in [6, 6.07) is 3.99. The summed E-state index contributed by atoms with van der Waals surface area (Å²) in [5, 5.41) is 4.52. The molecule has 0 fully saturated rings. The smallest absolute Gasteiger partial charge is 0.154 e. The van der Waals surface area contributed by atoms with Crippen LogP contribution in [-0.4, -0.2) is 28.2 Å².